The van der Waals surface area contributed by atoms with Gasteiger partial charge in [-0.15, -0.1) is 23.2 Å². The van der Waals surface area contributed by atoms with Crippen LogP contribution in [0.4, 0.5) is 16.2 Å². The highest BCUT2D eigenvalue weighted by atomic mass is 35.5. The first-order valence-corrected chi connectivity index (χ1v) is 9.31. The Balaban J connectivity index is 2.37. The van der Waals surface area contributed by atoms with Crippen molar-refractivity contribution in [2.75, 3.05) is 0 Å². The molecule has 0 heterocycles. The number of alkyl halides is 2. The summed E-state index contributed by atoms with van der Waals surface area (Å²) in [6.07, 6.45) is -1.16. The molecule has 0 amide bonds. The zero-order valence-electron chi connectivity index (χ0n) is 16.5. The molecule has 0 fully saturated rings. The molecule has 0 N–H and O–H groups in total. The van der Waals surface area contributed by atoms with Crippen molar-refractivity contribution in [3.8, 4) is 11.5 Å². The molecule has 0 aliphatic heterocycles. The van der Waals surface area contributed by atoms with Crippen molar-refractivity contribution < 1.29 is 24.1 Å². The Morgan fingerprint density at radius 3 is 1.40 bits per heavy atom. The fourth-order valence-electron chi connectivity index (χ4n) is 2.57. The van der Waals surface area contributed by atoms with E-state index in [4.69, 9.17) is 32.7 Å². The predicted molar refractivity (Wildman–Crippen MR) is 111 cm³/mol. The van der Waals surface area contributed by atoms with Crippen LogP contribution < -0.4 is 9.47 Å². The quantitative estimate of drug-likeness (QED) is 0.171. The number of benzene rings is 2. The summed E-state index contributed by atoms with van der Waals surface area (Å²) in [6, 6.07) is 7.20. The average molecular weight is 457 g/mol. The van der Waals surface area contributed by atoms with Crippen LogP contribution in [0.15, 0.2) is 36.4 Å². The summed E-state index contributed by atoms with van der Waals surface area (Å²) in [7, 11) is 0. The maximum atomic E-state index is 12.4. The first-order valence-electron chi connectivity index (χ1n) is 8.55. The van der Waals surface area contributed by atoms with Crippen molar-refractivity contribution in [3.05, 3.63) is 67.8 Å². The number of carbonyl (C=O) groups excluding carboxylic acids is 1. The number of halogens is 2. The summed E-state index contributed by atoms with van der Waals surface area (Å²) in [5.41, 5.74) is -0.0317. The molecule has 0 atom stereocenters. The van der Waals surface area contributed by atoms with Crippen molar-refractivity contribution >= 4 is 40.7 Å². The molecule has 0 radical (unpaired) electrons. The number of hydrogen-bond donors (Lipinski definition) is 0. The normalized spacial score (nSPS) is 11.7. The Labute approximate surface area is 181 Å². The smallest absolute Gasteiger partial charge is 0.394 e. The number of ether oxygens (including phenoxy) is 2. The summed E-state index contributed by atoms with van der Waals surface area (Å²) >= 11 is 12.6. The van der Waals surface area contributed by atoms with Crippen molar-refractivity contribution in [2.24, 2.45) is 0 Å². The molecular weight excluding hydrogens is 439 g/mol. The lowest BCUT2D eigenvalue weighted by Gasteiger charge is -2.21. The number of carbonyl (C=O) groups is 1. The Morgan fingerprint density at radius 2 is 1.13 bits per heavy atom. The molecule has 0 spiro atoms. The van der Waals surface area contributed by atoms with Gasteiger partial charge in [0.2, 0.25) is 0 Å². The second kappa shape index (κ2) is 8.45. The summed E-state index contributed by atoms with van der Waals surface area (Å²) in [5.74, 6) is -0.0570. The fourth-order valence-corrected chi connectivity index (χ4v) is 2.87. The minimum Gasteiger partial charge on any atom is -0.394 e. The zero-order valence-corrected chi connectivity index (χ0v) is 18.0. The molecule has 0 saturated heterocycles. The van der Waals surface area contributed by atoms with E-state index in [2.05, 4.69) is 0 Å². The molecule has 0 aromatic heterocycles. The molecule has 160 valence electrons. The number of non-ortho nitro benzene ring substituents is 2. The van der Waals surface area contributed by atoms with Gasteiger partial charge in [-0.05, 0) is 39.8 Å². The molecule has 0 unspecified atom stereocenters. The lowest BCUT2D eigenvalue weighted by atomic mass is 10.0. The monoisotopic (exact) mass is 456 g/mol. The van der Waals surface area contributed by atoms with E-state index in [0.29, 0.717) is 0 Å². The van der Waals surface area contributed by atoms with Crippen LogP contribution >= 0.6 is 23.2 Å². The van der Waals surface area contributed by atoms with Crippen LogP contribution in [0.5, 0.6) is 11.5 Å². The lowest BCUT2D eigenvalue weighted by molar-refractivity contribution is -0.385. The largest absolute Gasteiger partial charge is 0.519 e. The van der Waals surface area contributed by atoms with E-state index in [9.17, 15) is 25.0 Å². The van der Waals surface area contributed by atoms with Crippen molar-refractivity contribution in [2.45, 2.75) is 37.4 Å². The molecule has 9 nitrogen and oxygen atoms in total. The van der Waals surface area contributed by atoms with Crippen LogP contribution in [0.1, 0.15) is 38.8 Å². The summed E-state index contributed by atoms with van der Waals surface area (Å²) in [5, 5.41) is 22.1. The lowest BCUT2D eigenvalue weighted by Crippen LogP contribution is -2.20. The molecule has 2 aromatic carbocycles. The highest BCUT2D eigenvalue weighted by Crippen LogP contribution is 2.39. The second-order valence-electron chi connectivity index (χ2n) is 7.27. The molecule has 2 rings (SSSR count). The molecule has 30 heavy (non-hydrogen) atoms. The van der Waals surface area contributed by atoms with Crippen LogP contribution in [0, 0.1) is 20.2 Å². The topological polar surface area (TPSA) is 122 Å². The zero-order chi connectivity index (χ0) is 22.9. The van der Waals surface area contributed by atoms with Gasteiger partial charge < -0.3 is 9.47 Å². The minimum atomic E-state index is -1.16. The molecule has 0 aliphatic rings. The van der Waals surface area contributed by atoms with Crippen LogP contribution in [0.25, 0.3) is 0 Å². The number of rotatable bonds is 6. The van der Waals surface area contributed by atoms with Gasteiger partial charge in [-0.2, -0.15) is 0 Å². The summed E-state index contributed by atoms with van der Waals surface area (Å²) in [4.78, 5) is 31.1. The van der Waals surface area contributed by atoms with E-state index >= 15 is 0 Å². The Kier molecular flexibility index (Phi) is 6.58. The third-order valence-electron chi connectivity index (χ3n) is 4.02. The van der Waals surface area contributed by atoms with E-state index in [-0.39, 0.29) is 34.0 Å². The standard InChI is InChI=1S/C19H18Cl2N2O7/c1-18(2,20)13-9-11(22(25)26)5-7-15(13)29-17(24)30-16-8-6-12(23(27)28)10-14(16)19(3,4)21/h5-10H,1-4H3. The first-order chi connectivity index (χ1) is 13.7. The van der Waals surface area contributed by atoms with E-state index < -0.39 is 25.8 Å². The van der Waals surface area contributed by atoms with Gasteiger partial charge in [0.1, 0.15) is 11.5 Å². The fraction of sp³-hybridized carbons (Fsp3) is 0.316. The third kappa shape index (κ3) is 5.58. The first kappa shape index (κ1) is 23.4. The molecular formula is C19H18Cl2N2O7. The second-order valence-corrected chi connectivity index (χ2v) is 9.16. The van der Waals surface area contributed by atoms with Crippen molar-refractivity contribution in [1.82, 2.24) is 0 Å². The van der Waals surface area contributed by atoms with Gasteiger partial charge in [0.25, 0.3) is 11.4 Å². The van der Waals surface area contributed by atoms with Crippen LogP contribution in [-0.4, -0.2) is 16.0 Å². The number of nitro groups is 2. The van der Waals surface area contributed by atoms with E-state index in [1.54, 1.807) is 27.7 Å². The molecule has 2 aromatic rings. The third-order valence-corrected chi connectivity index (χ3v) is 4.42. The Morgan fingerprint density at radius 1 is 0.800 bits per heavy atom. The van der Waals surface area contributed by atoms with Gasteiger partial charge in [-0.25, -0.2) is 4.79 Å². The number of nitrogens with zero attached hydrogens (tertiary/aromatic N) is 2. The highest BCUT2D eigenvalue weighted by Gasteiger charge is 2.29. The average Bonchev–Trinajstić information content (AvgIpc) is 2.60. The molecule has 0 saturated carbocycles. The van der Waals surface area contributed by atoms with Crippen LogP contribution in [0.2, 0.25) is 0 Å². The summed E-state index contributed by atoms with van der Waals surface area (Å²) < 4.78 is 10.4. The predicted octanol–water partition coefficient (Wildman–Crippen LogP) is 6.03. The maximum absolute atomic E-state index is 12.4. The Bertz CT molecular complexity index is 931. The SMILES string of the molecule is CC(C)(Cl)c1cc([N+](=O)[O-])ccc1OC(=O)Oc1ccc([N+](=O)[O-])cc1C(C)(C)Cl. The van der Waals surface area contributed by atoms with Gasteiger partial charge in [-0.1, -0.05) is 0 Å². The van der Waals surface area contributed by atoms with Crippen molar-refractivity contribution in [1.29, 1.82) is 0 Å². The number of nitro benzene ring substituents is 2. The highest BCUT2D eigenvalue weighted by molar-refractivity contribution is 6.24. The van der Waals surface area contributed by atoms with Gasteiger partial charge in [0.05, 0.1) is 19.6 Å². The maximum Gasteiger partial charge on any atom is 0.519 e. The van der Waals surface area contributed by atoms with E-state index in [1.807, 2.05) is 0 Å². The molecule has 0 aliphatic carbocycles. The van der Waals surface area contributed by atoms with Crippen molar-refractivity contribution in [3.63, 3.8) is 0 Å². The van der Waals surface area contributed by atoms with E-state index in [1.165, 1.54) is 24.3 Å². The molecule has 0 bridgehead atoms. The van der Waals surface area contributed by atoms with Gasteiger partial charge in [0, 0.05) is 35.4 Å². The Hall–Kier alpha value is -2.91. The van der Waals surface area contributed by atoms with Gasteiger partial charge >= 0.3 is 6.16 Å². The number of hydrogen-bond acceptors (Lipinski definition) is 7. The van der Waals surface area contributed by atoms with Crippen LogP contribution in [0.3, 0.4) is 0 Å². The summed E-state index contributed by atoms with van der Waals surface area (Å²) in [6.45, 7) is 6.32. The van der Waals surface area contributed by atoms with E-state index in [0.717, 1.165) is 12.1 Å². The molecule has 11 heteroatoms. The minimum absolute atomic E-state index is 0.0285. The van der Waals surface area contributed by atoms with Gasteiger partial charge in [-0.3, -0.25) is 20.2 Å². The van der Waals surface area contributed by atoms with Crippen LogP contribution in [-0.2, 0) is 9.75 Å². The van der Waals surface area contributed by atoms with Gasteiger partial charge in [0.15, 0.2) is 0 Å².